The largest absolute Gasteiger partial charge is 0.409 e. The van der Waals surface area contributed by atoms with E-state index in [0.717, 1.165) is 18.4 Å². The van der Waals surface area contributed by atoms with Crippen molar-refractivity contribution in [2.45, 2.75) is 25.2 Å². The summed E-state index contributed by atoms with van der Waals surface area (Å²) in [5.41, 5.74) is 6.18. The number of hydrogen-bond donors (Lipinski definition) is 3. The Morgan fingerprint density at radius 2 is 2.11 bits per heavy atom. The van der Waals surface area contributed by atoms with Gasteiger partial charge in [-0.3, -0.25) is 4.79 Å². The highest BCUT2D eigenvalue weighted by molar-refractivity contribution is 5.91. The van der Waals surface area contributed by atoms with Crippen LogP contribution < -0.4 is 11.1 Å². The molecule has 1 amide bonds. The number of nitrogens with zero attached hydrogens (tertiary/aromatic N) is 1. The molecule has 1 unspecified atom stereocenters. The van der Waals surface area contributed by atoms with Gasteiger partial charge in [-0.25, -0.2) is 0 Å². The van der Waals surface area contributed by atoms with E-state index in [1.54, 1.807) is 6.92 Å². The van der Waals surface area contributed by atoms with E-state index in [1.165, 1.54) is 0 Å². The molecular formula is C14H19N3O2. The second kappa shape index (κ2) is 5.30. The molecule has 0 bridgehead atoms. The Labute approximate surface area is 112 Å². The molecule has 1 atom stereocenters. The van der Waals surface area contributed by atoms with Crippen molar-refractivity contribution in [1.82, 2.24) is 5.32 Å². The number of amidine groups is 1. The van der Waals surface area contributed by atoms with Crippen LogP contribution >= 0.6 is 0 Å². The fourth-order valence-electron chi connectivity index (χ4n) is 2.15. The monoisotopic (exact) mass is 261 g/mol. The van der Waals surface area contributed by atoms with Crippen LogP contribution in [0.3, 0.4) is 0 Å². The molecule has 4 N–H and O–H groups in total. The Morgan fingerprint density at radius 3 is 2.63 bits per heavy atom. The Bertz CT molecular complexity index is 481. The van der Waals surface area contributed by atoms with E-state index in [0.29, 0.717) is 6.54 Å². The van der Waals surface area contributed by atoms with Gasteiger partial charge in [-0.15, -0.1) is 0 Å². The molecule has 1 aromatic rings. The van der Waals surface area contributed by atoms with Gasteiger partial charge in [0, 0.05) is 12.5 Å². The molecule has 1 fully saturated rings. The standard InChI is InChI=1S/C14H19N3O2/c1-10(12(15)17-19)9-16-13(18)14(7-8-14)11-5-3-2-4-6-11/h2-6,10,19H,7-9H2,1H3,(H2,15,17)(H,16,18). The van der Waals surface area contributed by atoms with E-state index in [1.807, 2.05) is 30.3 Å². The zero-order chi connectivity index (χ0) is 13.9. The molecule has 102 valence electrons. The maximum atomic E-state index is 12.3. The summed E-state index contributed by atoms with van der Waals surface area (Å²) in [4.78, 5) is 12.3. The summed E-state index contributed by atoms with van der Waals surface area (Å²) in [5, 5.41) is 14.4. The van der Waals surface area contributed by atoms with Gasteiger partial charge in [-0.2, -0.15) is 0 Å². The molecular weight excluding hydrogens is 242 g/mol. The highest BCUT2D eigenvalue weighted by Crippen LogP contribution is 2.48. The molecule has 5 nitrogen and oxygen atoms in total. The lowest BCUT2D eigenvalue weighted by Gasteiger charge is -2.17. The molecule has 5 heteroatoms. The van der Waals surface area contributed by atoms with Crippen LogP contribution in [-0.4, -0.2) is 23.5 Å². The van der Waals surface area contributed by atoms with Gasteiger partial charge >= 0.3 is 0 Å². The Balaban J connectivity index is 1.98. The van der Waals surface area contributed by atoms with Gasteiger partial charge in [0.25, 0.3) is 0 Å². The van der Waals surface area contributed by atoms with Gasteiger partial charge in [0.15, 0.2) is 0 Å². The van der Waals surface area contributed by atoms with Gasteiger partial charge in [0.2, 0.25) is 5.91 Å². The number of benzene rings is 1. The molecule has 0 aliphatic heterocycles. The number of nitrogens with two attached hydrogens (primary N) is 1. The number of oxime groups is 1. The van der Waals surface area contributed by atoms with E-state index < -0.39 is 0 Å². The lowest BCUT2D eigenvalue weighted by Crippen LogP contribution is -2.40. The van der Waals surface area contributed by atoms with Gasteiger partial charge < -0.3 is 16.3 Å². The molecule has 2 rings (SSSR count). The molecule has 0 radical (unpaired) electrons. The number of carbonyl (C=O) groups excluding carboxylic acids is 1. The van der Waals surface area contributed by atoms with Crippen molar-refractivity contribution in [3.05, 3.63) is 35.9 Å². The smallest absolute Gasteiger partial charge is 0.230 e. The Morgan fingerprint density at radius 1 is 1.47 bits per heavy atom. The second-order valence-electron chi connectivity index (χ2n) is 5.08. The third-order valence-corrected chi connectivity index (χ3v) is 3.70. The minimum atomic E-state index is -0.369. The topological polar surface area (TPSA) is 87.7 Å². The second-order valence-corrected chi connectivity index (χ2v) is 5.08. The highest BCUT2D eigenvalue weighted by atomic mass is 16.4. The van der Waals surface area contributed by atoms with Crippen molar-refractivity contribution >= 4 is 11.7 Å². The first-order chi connectivity index (χ1) is 9.10. The fraction of sp³-hybridized carbons (Fsp3) is 0.429. The normalized spacial score (nSPS) is 18.7. The van der Waals surface area contributed by atoms with Crippen LogP contribution in [0.25, 0.3) is 0 Å². The van der Waals surface area contributed by atoms with Gasteiger partial charge in [0.05, 0.1) is 5.41 Å². The molecule has 1 aliphatic rings. The number of amides is 1. The van der Waals surface area contributed by atoms with Crippen molar-refractivity contribution in [3.8, 4) is 0 Å². The fourth-order valence-corrected chi connectivity index (χ4v) is 2.15. The van der Waals surface area contributed by atoms with Crippen LogP contribution in [0.4, 0.5) is 0 Å². The number of hydrogen-bond acceptors (Lipinski definition) is 3. The molecule has 0 saturated heterocycles. The summed E-state index contributed by atoms with van der Waals surface area (Å²) in [6.45, 7) is 2.18. The van der Waals surface area contributed by atoms with E-state index >= 15 is 0 Å². The maximum absolute atomic E-state index is 12.3. The van der Waals surface area contributed by atoms with E-state index in [-0.39, 0.29) is 23.1 Å². The zero-order valence-corrected chi connectivity index (χ0v) is 11.0. The van der Waals surface area contributed by atoms with Crippen LogP contribution in [0.5, 0.6) is 0 Å². The Kier molecular flexibility index (Phi) is 3.74. The van der Waals surface area contributed by atoms with Crippen molar-refractivity contribution in [1.29, 1.82) is 0 Å². The number of nitrogens with one attached hydrogen (secondary N) is 1. The first kappa shape index (κ1) is 13.4. The van der Waals surface area contributed by atoms with Crippen LogP contribution in [0.15, 0.2) is 35.5 Å². The third-order valence-electron chi connectivity index (χ3n) is 3.70. The highest BCUT2D eigenvalue weighted by Gasteiger charge is 2.50. The van der Waals surface area contributed by atoms with E-state index in [4.69, 9.17) is 10.9 Å². The van der Waals surface area contributed by atoms with Crippen LogP contribution in [-0.2, 0) is 10.2 Å². The van der Waals surface area contributed by atoms with E-state index in [9.17, 15) is 4.79 Å². The minimum absolute atomic E-state index is 0.0243. The zero-order valence-electron chi connectivity index (χ0n) is 11.0. The molecule has 0 aromatic heterocycles. The average Bonchev–Trinajstić information content (AvgIpc) is 3.26. The summed E-state index contributed by atoms with van der Waals surface area (Å²) >= 11 is 0. The minimum Gasteiger partial charge on any atom is -0.409 e. The summed E-state index contributed by atoms with van der Waals surface area (Å²) in [6, 6.07) is 9.81. The lowest BCUT2D eigenvalue weighted by atomic mass is 9.95. The predicted octanol–water partition coefficient (Wildman–Crippen LogP) is 1.22. The van der Waals surface area contributed by atoms with Crippen LogP contribution in [0.1, 0.15) is 25.3 Å². The Hall–Kier alpha value is -2.04. The van der Waals surface area contributed by atoms with Crippen molar-refractivity contribution in [2.75, 3.05) is 6.54 Å². The molecule has 1 aliphatic carbocycles. The SMILES string of the molecule is CC(CNC(=O)C1(c2ccccc2)CC1)C(N)=NO. The predicted molar refractivity (Wildman–Crippen MR) is 72.9 cm³/mol. The lowest BCUT2D eigenvalue weighted by molar-refractivity contribution is -0.123. The third kappa shape index (κ3) is 2.70. The average molecular weight is 261 g/mol. The molecule has 0 heterocycles. The maximum Gasteiger partial charge on any atom is 0.230 e. The van der Waals surface area contributed by atoms with Crippen LogP contribution in [0, 0.1) is 5.92 Å². The molecule has 0 spiro atoms. The summed E-state index contributed by atoms with van der Waals surface area (Å²) in [6.07, 6.45) is 1.75. The first-order valence-corrected chi connectivity index (χ1v) is 6.41. The summed E-state index contributed by atoms with van der Waals surface area (Å²) in [7, 11) is 0. The quantitative estimate of drug-likeness (QED) is 0.322. The van der Waals surface area contributed by atoms with Crippen LogP contribution in [0.2, 0.25) is 0 Å². The van der Waals surface area contributed by atoms with Gasteiger partial charge in [-0.1, -0.05) is 42.4 Å². The molecule has 1 aromatic carbocycles. The van der Waals surface area contributed by atoms with E-state index in [2.05, 4.69) is 10.5 Å². The summed E-state index contributed by atoms with van der Waals surface area (Å²) < 4.78 is 0. The van der Waals surface area contributed by atoms with Crippen molar-refractivity contribution in [3.63, 3.8) is 0 Å². The summed E-state index contributed by atoms with van der Waals surface area (Å²) in [5.74, 6) is -0.0262. The molecule has 1 saturated carbocycles. The number of carbonyl (C=O) groups is 1. The van der Waals surface area contributed by atoms with Gasteiger partial charge in [-0.05, 0) is 18.4 Å². The van der Waals surface area contributed by atoms with Gasteiger partial charge in [0.1, 0.15) is 5.84 Å². The number of rotatable bonds is 5. The van der Waals surface area contributed by atoms with Crippen molar-refractivity contribution in [2.24, 2.45) is 16.8 Å². The first-order valence-electron chi connectivity index (χ1n) is 6.41. The van der Waals surface area contributed by atoms with Crippen molar-refractivity contribution < 1.29 is 10.0 Å². The molecule has 19 heavy (non-hydrogen) atoms.